The van der Waals surface area contributed by atoms with Gasteiger partial charge in [-0.3, -0.25) is 4.79 Å². The first kappa shape index (κ1) is 14.7. The number of aliphatic carboxylic acids is 1. The third-order valence-electron chi connectivity index (χ3n) is 5.97. The van der Waals surface area contributed by atoms with Gasteiger partial charge in [0.2, 0.25) is 5.91 Å². The number of rotatable bonds is 4. The van der Waals surface area contributed by atoms with Crippen molar-refractivity contribution in [2.24, 2.45) is 5.92 Å². The third kappa shape index (κ3) is 2.27. The number of carbonyl (C=O) groups excluding carboxylic acids is 1. The minimum Gasteiger partial charge on any atom is -0.480 e. The fourth-order valence-corrected chi connectivity index (χ4v) is 4.49. The van der Waals surface area contributed by atoms with Crippen molar-refractivity contribution in [3.05, 3.63) is 35.4 Å². The summed E-state index contributed by atoms with van der Waals surface area (Å²) in [5.74, 6) is -0.852. The van der Waals surface area contributed by atoms with Gasteiger partial charge in [-0.2, -0.15) is 0 Å². The largest absolute Gasteiger partial charge is 0.480 e. The molecule has 1 aromatic rings. The van der Waals surface area contributed by atoms with Gasteiger partial charge in [-0.1, -0.05) is 24.3 Å². The maximum Gasteiger partial charge on any atom is 0.326 e. The van der Waals surface area contributed by atoms with E-state index in [2.05, 4.69) is 24.3 Å². The van der Waals surface area contributed by atoms with Gasteiger partial charge in [0.25, 0.3) is 0 Å². The number of amides is 1. The number of nitrogens with zero attached hydrogens (tertiary/aromatic N) is 1. The molecular weight excluding hydrogens is 290 g/mol. The molecule has 2 fully saturated rings. The molecule has 0 heterocycles. The molecule has 1 amide bonds. The van der Waals surface area contributed by atoms with Crippen molar-refractivity contribution >= 4 is 11.9 Å². The molecule has 0 saturated heterocycles. The average molecular weight is 313 g/mol. The minimum absolute atomic E-state index is 0.0166. The van der Waals surface area contributed by atoms with E-state index in [1.165, 1.54) is 11.1 Å². The fraction of sp³-hybridized carbons (Fsp3) is 0.579. The van der Waals surface area contributed by atoms with Gasteiger partial charge in [-0.05, 0) is 56.6 Å². The maximum atomic E-state index is 13.1. The quantitative estimate of drug-likeness (QED) is 0.930. The van der Waals surface area contributed by atoms with E-state index < -0.39 is 12.0 Å². The Morgan fingerprint density at radius 1 is 1.30 bits per heavy atom. The number of fused-ring (bicyclic) bond motifs is 2. The van der Waals surface area contributed by atoms with E-state index in [-0.39, 0.29) is 23.3 Å². The molecule has 3 unspecified atom stereocenters. The zero-order valence-electron chi connectivity index (χ0n) is 13.5. The summed E-state index contributed by atoms with van der Waals surface area (Å²) in [7, 11) is 0. The van der Waals surface area contributed by atoms with Crippen molar-refractivity contribution in [1.82, 2.24) is 4.90 Å². The van der Waals surface area contributed by atoms with Gasteiger partial charge < -0.3 is 10.0 Å². The lowest BCUT2D eigenvalue weighted by Gasteiger charge is -2.30. The second-order valence-electron chi connectivity index (χ2n) is 7.41. The summed E-state index contributed by atoms with van der Waals surface area (Å²) < 4.78 is 0. The molecule has 4 nitrogen and oxygen atoms in total. The topological polar surface area (TPSA) is 57.6 Å². The van der Waals surface area contributed by atoms with Crippen LogP contribution in [0.15, 0.2) is 24.3 Å². The molecule has 1 spiro atoms. The monoisotopic (exact) mass is 313 g/mol. The van der Waals surface area contributed by atoms with Crippen molar-refractivity contribution in [2.75, 3.05) is 0 Å². The van der Waals surface area contributed by atoms with Crippen LogP contribution in [-0.2, 0) is 21.4 Å². The van der Waals surface area contributed by atoms with Gasteiger partial charge in [-0.25, -0.2) is 4.79 Å². The molecule has 4 rings (SSSR count). The third-order valence-corrected chi connectivity index (χ3v) is 5.97. The SMILES string of the molecule is CC(C(=O)O)N(C(=O)C1CC12CCCc1ccccc12)C1CC1. The lowest BCUT2D eigenvalue weighted by molar-refractivity contribution is -0.150. The minimum atomic E-state index is -0.899. The van der Waals surface area contributed by atoms with Crippen LogP contribution < -0.4 is 0 Å². The second-order valence-corrected chi connectivity index (χ2v) is 7.41. The Bertz CT molecular complexity index is 666. The Morgan fingerprint density at radius 3 is 2.74 bits per heavy atom. The van der Waals surface area contributed by atoms with Crippen molar-refractivity contribution in [3.63, 3.8) is 0 Å². The van der Waals surface area contributed by atoms with Gasteiger partial charge in [-0.15, -0.1) is 0 Å². The van der Waals surface area contributed by atoms with Crippen LogP contribution in [0.5, 0.6) is 0 Å². The van der Waals surface area contributed by atoms with E-state index in [0.717, 1.165) is 38.5 Å². The van der Waals surface area contributed by atoms with Crippen LogP contribution in [0.1, 0.15) is 50.2 Å². The summed E-state index contributed by atoms with van der Waals surface area (Å²) >= 11 is 0. The highest BCUT2D eigenvalue weighted by Gasteiger charge is 2.62. The summed E-state index contributed by atoms with van der Waals surface area (Å²) in [5.41, 5.74) is 2.69. The van der Waals surface area contributed by atoms with Crippen molar-refractivity contribution < 1.29 is 14.7 Å². The maximum absolute atomic E-state index is 13.1. The number of carbonyl (C=O) groups is 2. The highest BCUT2D eigenvalue weighted by molar-refractivity contribution is 5.89. The summed E-state index contributed by atoms with van der Waals surface area (Å²) in [6.07, 6.45) is 6.05. The van der Waals surface area contributed by atoms with Gasteiger partial charge >= 0.3 is 5.97 Å². The molecule has 1 N–H and O–H groups in total. The number of benzene rings is 1. The molecule has 3 aliphatic rings. The summed E-state index contributed by atoms with van der Waals surface area (Å²) in [5, 5.41) is 9.35. The normalized spacial score (nSPS) is 29.7. The molecule has 0 aliphatic heterocycles. The summed E-state index contributed by atoms with van der Waals surface area (Å²) in [6, 6.07) is 7.90. The Balaban J connectivity index is 1.61. The van der Waals surface area contributed by atoms with E-state index in [0.29, 0.717) is 0 Å². The lowest BCUT2D eigenvalue weighted by Crippen LogP contribution is -2.46. The Kier molecular flexibility index (Phi) is 3.26. The van der Waals surface area contributed by atoms with Crippen molar-refractivity contribution in [3.8, 4) is 0 Å². The molecule has 0 radical (unpaired) electrons. The van der Waals surface area contributed by atoms with Crippen LogP contribution in [0, 0.1) is 5.92 Å². The first-order chi connectivity index (χ1) is 11.0. The van der Waals surface area contributed by atoms with Crippen LogP contribution in [-0.4, -0.2) is 34.0 Å². The molecule has 4 heteroatoms. The molecule has 2 saturated carbocycles. The molecule has 1 aromatic carbocycles. The lowest BCUT2D eigenvalue weighted by atomic mass is 9.78. The predicted molar refractivity (Wildman–Crippen MR) is 86.1 cm³/mol. The van der Waals surface area contributed by atoms with Gasteiger partial charge in [0.05, 0.1) is 0 Å². The molecule has 3 aliphatic carbocycles. The number of hydrogen-bond acceptors (Lipinski definition) is 2. The second kappa shape index (κ2) is 5.08. The van der Waals surface area contributed by atoms with Crippen LogP contribution in [0.25, 0.3) is 0 Å². The van der Waals surface area contributed by atoms with Crippen LogP contribution in [0.2, 0.25) is 0 Å². The number of hydrogen-bond donors (Lipinski definition) is 1. The van der Waals surface area contributed by atoms with E-state index in [1.54, 1.807) is 11.8 Å². The summed E-state index contributed by atoms with van der Waals surface area (Å²) in [4.78, 5) is 26.1. The average Bonchev–Trinajstić information content (AvgIpc) is 3.44. The standard InChI is InChI=1S/C19H23NO3/c1-12(18(22)23)20(14-8-9-14)17(21)16-11-19(16)10-4-6-13-5-2-3-7-15(13)19/h2-3,5,7,12,14,16H,4,6,8-11H2,1H3,(H,22,23). The number of carboxylic acid groups (broad SMARTS) is 1. The van der Waals surface area contributed by atoms with Crippen LogP contribution >= 0.6 is 0 Å². The number of aryl methyl sites for hydroxylation is 1. The number of carboxylic acids is 1. The van der Waals surface area contributed by atoms with Gasteiger partial charge in [0, 0.05) is 17.4 Å². The van der Waals surface area contributed by atoms with E-state index >= 15 is 0 Å². The highest BCUT2D eigenvalue weighted by Crippen LogP contribution is 2.61. The van der Waals surface area contributed by atoms with E-state index in [9.17, 15) is 14.7 Å². The molecule has 3 atom stereocenters. The predicted octanol–water partition coefficient (Wildman–Crippen LogP) is 2.74. The Labute approximate surface area is 136 Å². The summed E-state index contributed by atoms with van der Waals surface area (Å²) in [6.45, 7) is 1.64. The highest BCUT2D eigenvalue weighted by atomic mass is 16.4. The van der Waals surface area contributed by atoms with E-state index in [4.69, 9.17) is 0 Å². The molecule has 23 heavy (non-hydrogen) atoms. The smallest absolute Gasteiger partial charge is 0.326 e. The molecular formula is C19H23NO3. The zero-order chi connectivity index (χ0) is 16.2. The first-order valence-electron chi connectivity index (χ1n) is 8.68. The Hall–Kier alpha value is -1.84. The molecule has 122 valence electrons. The van der Waals surface area contributed by atoms with Crippen molar-refractivity contribution in [2.45, 2.75) is 62.9 Å². The van der Waals surface area contributed by atoms with E-state index in [1.807, 2.05) is 0 Å². The fourth-order valence-electron chi connectivity index (χ4n) is 4.49. The molecule has 0 bridgehead atoms. The van der Waals surface area contributed by atoms with Crippen LogP contribution in [0.4, 0.5) is 0 Å². The van der Waals surface area contributed by atoms with Gasteiger partial charge in [0.1, 0.15) is 6.04 Å². The molecule has 0 aromatic heterocycles. The zero-order valence-corrected chi connectivity index (χ0v) is 13.5. The first-order valence-corrected chi connectivity index (χ1v) is 8.68. The van der Waals surface area contributed by atoms with Crippen LogP contribution in [0.3, 0.4) is 0 Å². The van der Waals surface area contributed by atoms with Crippen molar-refractivity contribution in [1.29, 1.82) is 0 Å². The van der Waals surface area contributed by atoms with Gasteiger partial charge in [0.15, 0.2) is 0 Å². The Morgan fingerprint density at radius 2 is 2.04 bits per heavy atom.